The van der Waals surface area contributed by atoms with Gasteiger partial charge in [0.1, 0.15) is 0 Å². The van der Waals surface area contributed by atoms with Crippen LogP contribution in [0.25, 0.3) is 0 Å². The van der Waals surface area contributed by atoms with Crippen molar-refractivity contribution in [3.05, 3.63) is 11.7 Å². The van der Waals surface area contributed by atoms with Gasteiger partial charge >= 0.3 is 0 Å². The molecule has 1 aromatic heterocycles. The summed E-state index contributed by atoms with van der Waals surface area (Å²) in [5.41, 5.74) is 5.70. The Kier molecular flexibility index (Phi) is 3.36. The molecule has 2 rings (SSSR count). The smallest absolute Gasteiger partial charge is 0.229 e. The molecule has 15 heavy (non-hydrogen) atoms. The summed E-state index contributed by atoms with van der Waals surface area (Å²) in [4.78, 5) is 4.37. The first-order chi connectivity index (χ1) is 7.27. The van der Waals surface area contributed by atoms with Gasteiger partial charge in [0.05, 0.1) is 6.04 Å². The third kappa shape index (κ3) is 2.56. The van der Waals surface area contributed by atoms with E-state index >= 15 is 0 Å². The van der Waals surface area contributed by atoms with Crippen LogP contribution in [0.4, 0.5) is 0 Å². The topological polar surface area (TPSA) is 64.9 Å². The number of aromatic nitrogens is 2. The summed E-state index contributed by atoms with van der Waals surface area (Å²) in [6.45, 7) is 1.88. The molecule has 0 radical (unpaired) electrons. The highest BCUT2D eigenvalue weighted by molar-refractivity contribution is 4.97. The molecule has 1 saturated carbocycles. The molecule has 1 aliphatic rings. The monoisotopic (exact) mass is 209 g/mol. The van der Waals surface area contributed by atoms with Crippen molar-refractivity contribution in [3.8, 4) is 0 Å². The summed E-state index contributed by atoms with van der Waals surface area (Å²) in [7, 11) is 0. The second-order valence-electron chi connectivity index (χ2n) is 4.47. The molecule has 0 amide bonds. The zero-order valence-corrected chi connectivity index (χ0v) is 9.28. The van der Waals surface area contributed by atoms with E-state index in [-0.39, 0.29) is 6.04 Å². The molecule has 0 saturated heterocycles. The molecule has 1 atom stereocenters. The summed E-state index contributed by atoms with van der Waals surface area (Å²) in [5, 5.41) is 3.91. The Morgan fingerprint density at radius 3 is 2.47 bits per heavy atom. The average molecular weight is 209 g/mol. The van der Waals surface area contributed by atoms with Crippen LogP contribution in [0.3, 0.4) is 0 Å². The van der Waals surface area contributed by atoms with Crippen molar-refractivity contribution in [2.45, 2.75) is 57.4 Å². The third-order valence-electron chi connectivity index (χ3n) is 3.07. The van der Waals surface area contributed by atoms with Gasteiger partial charge in [-0.25, -0.2) is 0 Å². The van der Waals surface area contributed by atoms with Gasteiger partial charge in [0.25, 0.3) is 0 Å². The minimum atomic E-state index is -0.131. The molecule has 1 unspecified atom stereocenters. The average Bonchev–Trinajstić information content (AvgIpc) is 2.55. The molecule has 4 nitrogen and oxygen atoms in total. The summed E-state index contributed by atoms with van der Waals surface area (Å²) in [6, 6.07) is -0.131. The molecule has 1 aliphatic carbocycles. The quantitative estimate of drug-likeness (QED) is 0.760. The fraction of sp³-hybridized carbons (Fsp3) is 0.818. The van der Waals surface area contributed by atoms with E-state index in [9.17, 15) is 0 Å². The van der Waals surface area contributed by atoms with Gasteiger partial charge in [0, 0.05) is 5.92 Å². The molecule has 1 heterocycles. The molecule has 84 valence electrons. The molecule has 0 spiro atoms. The lowest BCUT2D eigenvalue weighted by molar-refractivity contribution is 0.336. The Labute approximate surface area is 90.2 Å². The van der Waals surface area contributed by atoms with Gasteiger partial charge in [-0.1, -0.05) is 30.8 Å². The van der Waals surface area contributed by atoms with Crippen LogP contribution >= 0.6 is 0 Å². The zero-order valence-electron chi connectivity index (χ0n) is 9.28. The maximum absolute atomic E-state index is 5.70. The molecule has 0 aliphatic heterocycles. The first-order valence-corrected chi connectivity index (χ1v) is 5.86. The lowest BCUT2D eigenvalue weighted by Gasteiger charge is -2.07. The van der Waals surface area contributed by atoms with Gasteiger partial charge in [-0.15, -0.1) is 0 Å². The van der Waals surface area contributed by atoms with E-state index in [1.54, 1.807) is 0 Å². The van der Waals surface area contributed by atoms with Crippen molar-refractivity contribution in [2.75, 3.05) is 0 Å². The summed E-state index contributed by atoms with van der Waals surface area (Å²) < 4.78 is 5.28. The van der Waals surface area contributed by atoms with Crippen LogP contribution in [-0.4, -0.2) is 10.1 Å². The minimum Gasteiger partial charge on any atom is -0.339 e. The largest absolute Gasteiger partial charge is 0.339 e. The van der Waals surface area contributed by atoms with Gasteiger partial charge in [0.2, 0.25) is 5.89 Å². The molecule has 1 fully saturated rings. The highest BCUT2D eigenvalue weighted by Gasteiger charge is 2.21. The van der Waals surface area contributed by atoms with E-state index in [0.29, 0.717) is 11.7 Å². The summed E-state index contributed by atoms with van der Waals surface area (Å²) >= 11 is 0. The van der Waals surface area contributed by atoms with Crippen LogP contribution in [0.15, 0.2) is 4.52 Å². The normalized spacial score (nSPS) is 21.2. The fourth-order valence-corrected chi connectivity index (χ4v) is 2.12. The van der Waals surface area contributed by atoms with Gasteiger partial charge in [-0.3, -0.25) is 0 Å². The van der Waals surface area contributed by atoms with Crippen molar-refractivity contribution < 1.29 is 4.52 Å². The van der Waals surface area contributed by atoms with E-state index in [4.69, 9.17) is 10.3 Å². The SMILES string of the molecule is CC(N)c1noc(C2CCCCCC2)n1. The van der Waals surface area contributed by atoms with Gasteiger partial charge in [-0.05, 0) is 19.8 Å². The highest BCUT2D eigenvalue weighted by atomic mass is 16.5. The number of nitrogens with zero attached hydrogens (tertiary/aromatic N) is 2. The van der Waals surface area contributed by atoms with E-state index in [1.165, 1.54) is 38.5 Å². The van der Waals surface area contributed by atoms with Gasteiger partial charge in [-0.2, -0.15) is 4.98 Å². The fourth-order valence-electron chi connectivity index (χ4n) is 2.12. The maximum atomic E-state index is 5.70. The molecular formula is C11H19N3O. The number of rotatable bonds is 2. The van der Waals surface area contributed by atoms with Crippen LogP contribution in [-0.2, 0) is 0 Å². The molecule has 4 heteroatoms. The van der Waals surface area contributed by atoms with Gasteiger partial charge < -0.3 is 10.3 Å². The van der Waals surface area contributed by atoms with Crippen LogP contribution in [0.5, 0.6) is 0 Å². The van der Waals surface area contributed by atoms with E-state index in [2.05, 4.69) is 10.1 Å². The van der Waals surface area contributed by atoms with E-state index < -0.39 is 0 Å². The number of hydrogen-bond donors (Lipinski definition) is 1. The molecule has 2 N–H and O–H groups in total. The Bertz CT molecular complexity index is 301. The van der Waals surface area contributed by atoms with E-state index in [0.717, 1.165) is 5.89 Å². The van der Waals surface area contributed by atoms with Crippen molar-refractivity contribution in [3.63, 3.8) is 0 Å². The lowest BCUT2D eigenvalue weighted by atomic mass is 10.0. The van der Waals surface area contributed by atoms with Crippen molar-refractivity contribution >= 4 is 0 Å². The Balaban J connectivity index is 2.06. The lowest BCUT2D eigenvalue weighted by Crippen LogP contribution is -2.07. The molecule has 0 bridgehead atoms. The summed E-state index contributed by atoms with van der Waals surface area (Å²) in [5.74, 6) is 1.89. The predicted molar refractivity (Wildman–Crippen MR) is 57.3 cm³/mol. The molecular weight excluding hydrogens is 190 g/mol. The first kappa shape index (κ1) is 10.6. The minimum absolute atomic E-state index is 0.131. The van der Waals surface area contributed by atoms with Crippen molar-refractivity contribution in [1.82, 2.24) is 10.1 Å². The highest BCUT2D eigenvalue weighted by Crippen LogP contribution is 2.30. The Morgan fingerprint density at radius 1 is 1.27 bits per heavy atom. The summed E-state index contributed by atoms with van der Waals surface area (Å²) in [6.07, 6.45) is 7.60. The van der Waals surface area contributed by atoms with Crippen molar-refractivity contribution in [2.24, 2.45) is 5.73 Å². The predicted octanol–water partition coefficient (Wildman–Crippen LogP) is 2.53. The standard InChI is InChI=1S/C11H19N3O/c1-8(12)10-13-11(15-14-10)9-6-4-2-3-5-7-9/h8-9H,2-7,12H2,1H3. The van der Waals surface area contributed by atoms with E-state index in [1.807, 2.05) is 6.92 Å². The molecule has 0 aromatic carbocycles. The van der Waals surface area contributed by atoms with Crippen LogP contribution in [0.2, 0.25) is 0 Å². The van der Waals surface area contributed by atoms with Crippen LogP contribution in [0, 0.1) is 0 Å². The maximum Gasteiger partial charge on any atom is 0.229 e. The van der Waals surface area contributed by atoms with Crippen LogP contribution < -0.4 is 5.73 Å². The van der Waals surface area contributed by atoms with Gasteiger partial charge in [0.15, 0.2) is 5.82 Å². The molecule has 1 aromatic rings. The van der Waals surface area contributed by atoms with Crippen LogP contribution in [0.1, 0.15) is 69.1 Å². The number of hydrogen-bond acceptors (Lipinski definition) is 4. The first-order valence-electron chi connectivity index (χ1n) is 5.86. The zero-order chi connectivity index (χ0) is 10.7. The van der Waals surface area contributed by atoms with Crippen molar-refractivity contribution in [1.29, 1.82) is 0 Å². The Morgan fingerprint density at radius 2 is 1.93 bits per heavy atom. The second-order valence-corrected chi connectivity index (χ2v) is 4.47. The Hall–Kier alpha value is -0.900. The second kappa shape index (κ2) is 4.75. The third-order valence-corrected chi connectivity index (χ3v) is 3.07. The number of nitrogens with two attached hydrogens (primary N) is 1.